The highest BCUT2D eigenvalue weighted by Gasteiger charge is 2.14. The predicted octanol–water partition coefficient (Wildman–Crippen LogP) is 4.37. The van der Waals surface area contributed by atoms with Crippen LogP contribution in [-0.4, -0.2) is 10.8 Å². The Bertz CT molecular complexity index is 791. The molecule has 98 valence electrons. The van der Waals surface area contributed by atoms with E-state index in [9.17, 15) is 9.18 Å². The third-order valence-electron chi connectivity index (χ3n) is 3.05. The molecule has 3 aromatic rings. The molecule has 0 saturated heterocycles. The Balaban J connectivity index is 2.17. The maximum absolute atomic E-state index is 13.4. The average Bonchev–Trinajstić information content (AvgIpc) is 2.45. The highest BCUT2D eigenvalue weighted by Crippen LogP contribution is 2.23. The molecule has 2 aromatic carbocycles. The van der Waals surface area contributed by atoms with Crippen molar-refractivity contribution in [3.63, 3.8) is 0 Å². The zero-order valence-electron chi connectivity index (χ0n) is 10.3. The molecule has 0 aliphatic rings. The molecule has 3 rings (SSSR count). The second-order valence-electron chi connectivity index (χ2n) is 4.39. The van der Waals surface area contributed by atoms with Crippen molar-refractivity contribution < 1.29 is 9.18 Å². The summed E-state index contributed by atoms with van der Waals surface area (Å²) in [6.07, 6.45) is 3.33. The molecule has 0 N–H and O–H groups in total. The van der Waals surface area contributed by atoms with Gasteiger partial charge in [-0.15, -0.1) is 0 Å². The first-order chi connectivity index (χ1) is 9.65. The van der Waals surface area contributed by atoms with Crippen molar-refractivity contribution in [1.82, 2.24) is 4.98 Å². The van der Waals surface area contributed by atoms with E-state index in [0.29, 0.717) is 15.6 Å². The summed E-state index contributed by atoms with van der Waals surface area (Å²) in [5, 5.41) is 1.70. The first-order valence-electron chi connectivity index (χ1n) is 5.99. The zero-order chi connectivity index (χ0) is 14.1. The van der Waals surface area contributed by atoms with Gasteiger partial charge in [0.25, 0.3) is 0 Å². The second kappa shape index (κ2) is 5.13. The Morgan fingerprint density at radius 1 is 1.15 bits per heavy atom. The predicted molar refractivity (Wildman–Crippen MR) is 79.3 cm³/mol. The van der Waals surface area contributed by atoms with Crippen LogP contribution in [0.1, 0.15) is 15.9 Å². The molecule has 0 saturated carbocycles. The Hall–Kier alpha value is -2.07. The molecule has 0 radical (unpaired) electrons. The van der Waals surface area contributed by atoms with Gasteiger partial charge in [-0.05, 0) is 29.7 Å². The van der Waals surface area contributed by atoms with E-state index < -0.39 is 5.82 Å². The average molecular weight is 330 g/mol. The van der Waals surface area contributed by atoms with Crippen molar-refractivity contribution in [2.24, 2.45) is 0 Å². The summed E-state index contributed by atoms with van der Waals surface area (Å²) in [4.78, 5) is 16.6. The minimum atomic E-state index is -0.443. The topological polar surface area (TPSA) is 30.0 Å². The van der Waals surface area contributed by atoms with Gasteiger partial charge in [-0.2, -0.15) is 0 Å². The van der Waals surface area contributed by atoms with E-state index in [2.05, 4.69) is 20.9 Å². The van der Waals surface area contributed by atoms with E-state index in [1.807, 2.05) is 18.2 Å². The van der Waals surface area contributed by atoms with E-state index >= 15 is 0 Å². The smallest absolute Gasteiger partial charge is 0.193 e. The number of rotatable bonds is 2. The van der Waals surface area contributed by atoms with Crippen molar-refractivity contribution >= 4 is 32.5 Å². The number of halogens is 2. The second-order valence-corrected chi connectivity index (χ2v) is 5.31. The summed E-state index contributed by atoms with van der Waals surface area (Å²) >= 11 is 3.20. The lowest BCUT2D eigenvalue weighted by Crippen LogP contribution is -2.03. The van der Waals surface area contributed by atoms with E-state index in [4.69, 9.17) is 0 Å². The van der Waals surface area contributed by atoms with Crippen LogP contribution in [0.3, 0.4) is 0 Å². The van der Waals surface area contributed by atoms with Gasteiger partial charge in [0, 0.05) is 33.4 Å². The number of fused-ring (bicyclic) bond motifs is 1. The molecular weight excluding hydrogens is 321 g/mol. The van der Waals surface area contributed by atoms with Crippen LogP contribution in [-0.2, 0) is 0 Å². The van der Waals surface area contributed by atoms with E-state index in [0.717, 1.165) is 10.8 Å². The number of nitrogens with zero attached hydrogens (tertiary/aromatic N) is 1. The van der Waals surface area contributed by atoms with Gasteiger partial charge in [-0.3, -0.25) is 9.78 Å². The molecular formula is C16H9BrFNO. The lowest BCUT2D eigenvalue weighted by molar-refractivity contribution is 0.104. The molecule has 0 spiro atoms. The van der Waals surface area contributed by atoms with Crippen molar-refractivity contribution in [3.05, 3.63) is 76.3 Å². The zero-order valence-corrected chi connectivity index (χ0v) is 11.9. The molecule has 0 aliphatic heterocycles. The maximum Gasteiger partial charge on any atom is 0.193 e. The van der Waals surface area contributed by atoms with Crippen LogP contribution in [0.4, 0.5) is 4.39 Å². The van der Waals surface area contributed by atoms with Crippen LogP contribution in [0.5, 0.6) is 0 Å². The first-order valence-corrected chi connectivity index (χ1v) is 6.78. The molecule has 0 aliphatic carbocycles. The first kappa shape index (κ1) is 12.9. The molecule has 4 heteroatoms. The third-order valence-corrected chi connectivity index (χ3v) is 3.51. The fourth-order valence-corrected chi connectivity index (χ4v) is 2.62. The minimum absolute atomic E-state index is 0.219. The van der Waals surface area contributed by atoms with Crippen molar-refractivity contribution in [3.8, 4) is 0 Å². The number of hydrogen-bond donors (Lipinski definition) is 0. The number of pyridine rings is 1. The monoisotopic (exact) mass is 329 g/mol. The Morgan fingerprint density at radius 3 is 2.80 bits per heavy atom. The molecule has 0 fully saturated rings. The van der Waals surface area contributed by atoms with Crippen LogP contribution in [0.15, 0.2) is 59.3 Å². The summed E-state index contributed by atoms with van der Waals surface area (Å²) in [7, 11) is 0. The molecule has 0 atom stereocenters. The van der Waals surface area contributed by atoms with Crippen molar-refractivity contribution in [1.29, 1.82) is 0 Å². The highest BCUT2D eigenvalue weighted by atomic mass is 79.9. The molecule has 1 aromatic heterocycles. The van der Waals surface area contributed by atoms with Gasteiger partial charge < -0.3 is 0 Å². The fourth-order valence-electron chi connectivity index (χ4n) is 2.15. The summed E-state index contributed by atoms with van der Waals surface area (Å²) in [6, 6.07) is 11.5. The van der Waals surface area contributed by atoms with Crippen molar-refractivity contribution in [2.75, 3.05) is 0 Å². The van der Waals surface area contributed by atoms with E-state index in [1.54, 1.807) is 24.5 Å². The normalized spacial score (nSPS) is 10.7. The molecule has 0 unspecified atom stereocenters. The van der Waals surface area contributed by atoms with Gasteiger partial charge in [-0.1, -0.05) is 34.1 Å². The maximum atomic E-state index is 13.4. The third kappa shape index (κ3) is 2.34. The largest absolute Gasteiger partial charge is 0.289 e. The summed E-state index contributed by atoms with van der Waals surface area (Å²) in [6.45, 7) is 0. The highest BCUT2D eigenvalue weighted by molar-refractivity contribution is 9.10. The van der Waals surface area contributed by atoms with Crippen LogP contribution in [0.2, 0.25) is 0 Å². The van der Waals surface area contributed by atoms with Gasteiger partial charge in [0.2, 0.25) is 0 Å². The quantitative estimate of drug-likeness (QED) is 0.653. The number of hydrogen-bond acceptors (Lipinski definition) is 2. The number of carbonyl (C=O) groups is 1. The van der Waals surface area contributed by atoms with E-state index in [1.165, 1.54) is 12.1 Å². The van der Waals surface area contributed by atoms with Crippen LogP contribution in [0, 0.1) is 5.82 Å². The lowest BCUT2D eigenvalue weighted by atomic mass is 9.98. The van der Waals surface area contributed by atoms with Crippen molar-refractivity contribution in [2.45, 2.75) is 0 Å². The van der Waals surface area contributed by atoms with Gasteiger partial charge in [-0.25, -0.2) is 4.39 Å². The van der Waals surface area contributed by atoms with Gasteiger partial charge in [0.15, 0.2) is 5.78 Å². The van der Waals surface area contributed by atoms with Gasteiger partial charge >= 0.3 is 0 Å². The Morgan fingerprint density at radius 2 is 2.00 bits per heavy atom. The lowest BCUT2D eigenvalue weighted by Gasteiger charge is -2.06. The molecule has 0 bridgehead atoms. The minimum Gasteiger partial charge on any atom is -0.289 e. The van der Waals surface area contributed by atoms with E-state index in [-0.39, 0.29) is 5.78 Å². The summed E-state index contributed by atoms with van der Waals surface area (Å²) in [5.74, 6) is -0.662. The Kier molecular flexibility index (Phi) is 3.32. The van der Waals surface area contributed by atoms with Crippen LogP contribution >= 0.6 is 15.9 Å². The number of benzene rings is 2. The van der Waals surface area contributed by atoms with Gasteiger partial charge in [0.05, 0.1) is 0 Å². The molecule has 20 heavy (non-hydrogen) atoms. The number of ketones is 1. The SMILES string of the molecule is O=C(c1cc(F)cc(Br)c1)c1cccc2ccncc12. The number of carbonyl (C=O) groups excluding carboxylic acids is 1. The van der Waals surface area contributed by atoms with Crippen LogP contribution < -0.4 is 0 Å². The standard InChI is InChI=1S/C16H9BrFNO/c17-12-6-11(7-13(18)8-12)16(20)14-3-1-2-10-4-5-19-9-15(10)14/h1-9H. The molecule has 0 amide bonds. The van der Waals surface area contributed by atoms with Crippen LogP contribution in [0.25, 0.3) is 10.8 Å². The Labute approximate surface area is 123 Å². The van der Waals surface area contributed by atoms with Gasteiger partial charge in [0.1, 0.15) is 5.82 Å². The summed E-state index contributed by atoms with van der Waals surface area (Å²) < 4.78 is 14.0. The fraction of sp³-hybridized carbons (Fsp3) is 0. The molecule has 1 heterocycles. The molecule has 2 nitrogen and oxygen atoms in total. The number of aromatic nitrogens is 1. The summed E-state index contributed by atoms with van der Waals surface area (Å²) in [5.41, 5.74) is 0.835.